The molecule has 0 aliphatic rings. The maximum Gasteiger partial charge on any atom is 0.338 e. The smallest absolute Gasteiger partial charge is 0.338 e. The van der Waals surface area contributed by atoms with Gasteiger partial charge in [0.25, 0.3) is 5.91 Å². The minimum absolute atomic E-state index is 0.258. The predicted octanol–water partition coefficient (Wildman–Crippen LogP) is 3.58. The van der Waals surface area contributed by atoms with Gasteiger partial charge in [0.05, 0.1) is 12.7 Å². The van der Waals surface area contributed by atoms with Gasteiger partial charge in [-0.15, -0.1) is 0 Å². The van der Waals surface area contributed by atoms with Crippen LogP contribution in [0.1, 0.15) is 29.3 Å². The van der Waals surface area contributed by atoms with Crippen molar-refractivity contribution in [1.29, 1.82) is 0 Å². The standard InChI is InChI=1S/C19H21NO4/c1-4-17(24-14-9-6-5-7-10-14)18(21)20-16-12-8-11-15(13(16)2)19(22)23-3/h5-12,17H,4H2,1-3H3,(H,20,21)/t17-/m1/s1. The second kappa shape index (κ2) is 8.15. The summed E-state index contributed by atoms with van der Waals surface area (Å²) in [4.78, 5) is 24.2. The molecular weight excluding hydrogens is 306 g/mol. The van der Waals surface area contributed by atoms with E-state index >= 15 is 0 Å². The van der Waals surface area contributed by atoms with Crippen molar-refractivity contribution >= 4 is 17.6 Å². The van der Waals surface area contributed by atoms with E-state index in [2.05, 4.69) is 5.32 Å². The van der Waals surface area contributed by atoms with Crippen LogP contribution in [0.15, 0.2) is 48.5 Å². The van der Waals surface area contributed by atoms with Gasteiger partial charge >= 0.3 is 5.97 Å². The molecule has 2 aromatic carbocycles. The first-order valence-corrected chi connectivity index (χ1v) is 7.77. The molecule has 0 aromatic heterocycles. The molecule has 2 rings (SSSR count). The van der Waals surface area contributed by atoms with Crippen molar-refractivity contribution in [3.05, 3.63) is 59.7 Å². The number of benzene rings is 2. The molecule has 0 radical (unpaired) electrons. The van der Waals surface area contributed by atoms with Crippen LogP contribution in [0.5, 0.6) is 5.75 Å². The van der Waals surface area contributed by atoms with Gasteiger partial charge in [-0.1, -0.05) is 31.2 Å². The van der Waals surface area contributed by atoms with Gasteiger partial charge < -0.3 is 14.8 Å². The highest BCUT2D eigenvalue weighted by Gasteiger charge is 2.20. The van der Waals surface area contributed by atoms with Crippen LogP contribution in [0.3, 0.4) is 0 Å². The van der Waals surface area contributed by atoms with E-state index in [0.717, 1.165) is 0 Å². The number of ether oxygens (including phenoxy) is 2. The van der Waals surface area contributed by atoms with Crippen molar-refractivity contribution in [2.75, 3.05) is 12.4 Å². The Labute approximate surface area is 141 Å². The zero-order valence-electron chi connectivity index (χ0n) is 14.0. The molecule has 0 aliphatic carbocycles. The minimum atomic E-state index is -0.617. The molecule has 24 heavy (non-hydrogen) atoms. The third-order valence-electron chi connectivity index (χ3n) is 3.68. The second-order valence-electron chi connectivity index (χ2n) is 5.29. The SMILES string of the molecule is CC[C@@H](Oc1ccccc1)C(=O)Nc1cccc(C(=O)OC)c1C. The first kappa shape index (κ1) is 17.5. The molecule has 5 heteroatoms. The fourth-order valence-electron chi connectivity index (χ4n) is 2.30. The van der Waals surface area contributed by atoms with E-state index in [4.69, 9.17) is 9.47 Å². The molecule has 0 unspecified atom stereocenters. The van der Waals surface area contributed by atoms with Crippen molar-refractivity contribution in [3.8, 4) is 5.75 Å². The van der Waals surface area contributed by atoms with Crippen LogP contribution in [0.4, 0.5) is 5.69 Å². The number of esters is 1. The number of nitrogens with one attached hydrogen (secondary N) is 1. The summed E-state index contributed by atoms with van der Waals surface area (Å²) in [5, 5.41) is 2.83. The number of anilines is 1. The van der Waals surface area contributed by atoms with E-state index in [1.54, 1.807) is 37.3 Å². The van der Waals surface area contributed by atoms with Gasteiger partial charge in [-0.25, -0.2) is 4.79 Å². The molecule has 0 saturated heterocycles. The average molecular weight is 327 g/mol. The summed E-state index contributed by atoms with van der Waals surface area (Å²) in [5.41, 5.74) is 1.65. The molecule has 0 spiro atoms. The van der Waals surface area contributed by atoms with E-state index in [9.17, 15) is 9.59 Å². The topological polar surface area (TPSA) is 64.6 Å². The van der Waals surface area contributed by atoms with E-state index in [0.29, 0.717) is 29.0 Å². The van der Waals surface area contributed by atoms with Crippen LogP contribution >= 0.6 is 0 Å². The van der Waals surface area contributed by atoms with Crippen molar-refractivity contribution in [2.24, 2.45) is 0 Å². The molecule has 1 amide bonds. The molecule has 2 aromatic rings. The van der Waals surface area contributed by atoms with Gasteiger partial charge in [0.2, 0.25) is 0 Å². The first-order valence-electron chi connectivity index (χ1n) is 7.77. The maximum atomic E-state index is 12.5. The van der Waals surface area contributed by atoms with Crippen molar-refractivity contribution in [2.45, 2.75) is 26.4 Å². The van der Waals surface area contributed by atoms with Gasteiger partial charge in [0.1, 0.15) is 5.75 Å². The number of carbonyl (C=O) groups excluding carboxylic acids is 2. The van der Waals surface area contributed by atoms with E-state index in [1.165, 1.54) is 7.11 Å². The first-order chi connectivity index (χ1) is 11.6. The summed E-state index contributed by atoms with van der Waals surface area (Å²) in [6.45, 7) is 3.64. The fraction of sp³-hybridized carbons (Fsp3) is 0.263. The molecule has 0 fully saturated rings. The van der Waals surface area contributed by atoms with Crippen LogP contribution in [0.25, 0.3) is 0 Å². The fourth-order valence-corrected chi connectivity index (χ4v) is 2.30. The van der Waals surface area contributed by atoms with E-state index < -0.39 is 12.1 Å². The summed E-state index contributed by atoms with van der Waals surface area (Å²) < 4.78 is 10.5. The highest BCUT2D eigenvalue weighted by Crippen LogP contribution is 2.21. The van der Waals surface area contributed by atoms with Gasteiger partial charge in [0.15, 0.2) is 6.10 Å². The van der Waals surface area contributed by atoms with Gasteiger partial charge in [0, 0.05) is 5.69 Å². The lowest BCUT2D eigenvalue weighted by Crippen LogP contribution is -2.32. The lowest BCUT2D eigenvalue weighted by atomic mass is 10.1. The Hall–Kier alpha value is -2.82. The van der Waals surface area contributed by atoms with Crippen LogP contribution in [-0.4, -0.2) is 25.1 Å². The normalized spacial score (nSPS) is 11.5. The zero-order valence-corrected chi connectivity index (χ0v) is 14.0. The van der Waals surface area contributed by atoms with Crippen LogP contribution in [0, 0.1) is 6.92 Å². The average Bonchev–Trinajstić information content (AvgIpc) is 2.61. The largest absolute Gasteiger partial charge is 0.481 e. The summed E-state index contributed by atoms with van der Waals surface area (Å²) in [6, 6.07) is 14.3. The van der Waals surface area contributed by atoms with Gasteiger partial charge in [-0.3, -0.25) is 4.79 Å². The number of amides is 1. The second-order valence-corrected chi connectivity index (χ2v) is 5.29. The Morgan fingerprint density at radius 3 is 2.42 bits per heavy atom. The van der Waals surface area contributed by atoms with E-state index in [-0.39, 0.29) is 5.91 Å². The van der Waals surface area contributed by atoms with Crippen LogP contribution in [0.2, 0.25) is 0 Å². The zero-order chi connectivity index (χ0) is 17.5. The number of para-hydroxylation sites is 1. The summed E-state index contributed by atoms with van der Waals surface area (Å²) >= 11 is 0. The summed E-state index contributed by atoms with van der Waals surface area (Å²) in [7, 11) is 1.33. The third-order valence-corrected chi connectivity index (χ3v) is 3.68. The Morgan fingerprint density at radius 2 is 1.79 bits per heavy atom. The Kier molecular flexibility index (Phi) is 5.95. The van der Waals surface area contributed by atoms with E-state index in [1.807, 2.05) is 25.1 Å². The van der Waals surface area contributed by atoms with Crippen molar-refractivity contribution in [3.63, 3.8) is 0 Å². The molecular formula is C19H21NO4. The lowest BCUT2D eigenvalue weighted by molar-refractivity contribution is -0.122. The Morgan fingerprint density at radius 1 is 1.08 bits per heavy atom. The molecule has 0 aliphatic heterocycles. The quantitative estimate of drug-likeness (QED) is 0.824. The third kappa shape index (κ3) is 4.13. The molecule has 0 heterocycles. The Bertz CT molecular complexity index is 713. The molecule has 0 bridgehead atoms. The van der Waals surface area contributed by atoms with Crippen LogP contribution < -0.4 is 10.1 Å². The number of rotatable bonds is 6. The molecule has 1 atom stereocenters. The molecule has 5 nitrogen and oxygen atoms in total. The molecule has 126 valence electrons. The summed E-state index contributed by atoms with van der Waals surface area (Å²) in [6.07, 6.45) is -0.0928. The molecule has 1 N–H and O–H groups in total. The Balaban J connectivity index is 2.14. The summed E-state index contributed by atoms with van der Waals surface area (Å²) in [5.74, 6) is -0.0535. The number of carbonyl (C=O) groups is 2. The predicted molar refractivity (Wildman–Crippen MR) is 92.3 cm³/mol. The molecule has 0 saturated carbocycles. The van der Waals surface area contributed by atoms with Gasteiger partial charge in [-0.05, 0) is 43.2 Å². The number of methoxy groups -OCH3 is 1. The van der Waals surface area contributed by atoms with Crippen molar-refractivity contribution < 1.29 is 19.1 Å². The van der Waals surface area contributed by atoms with Gasteiger partial charge in [-0.2, -0.15) is 0 Å². The van der Waals surface area contributed by atoms with Crippen LogP contribution in [-0.2, 0) is 9.53 Å². The van der Waals surface area contributed by atoms with Crippen molar-refractivity contribution in [1.82, 2.24) is 0 Å². The highest BCUT2D eigenvalue weighted by atomic mass is 16.5. The minimum Gasteiger partial charge on any atom is -0.481 e. The highest BCUT2D eigenvalue weighted by molar-refractivity contribution is 5.98. The number of hydrogen-bond donors (Lipinski definition) is 1. The lowest BCUT2D eigenvalue weighted by Gasteiger charge is -2.18. The monoisotopic (exact) mass is 327 g/mol. The maximum absolute atomic E-state index is 12.5. The number of hydrogen-bond acceptors (Lipinski definition) is 4.